The van der Waals surface area contributed by atoms with Gasteiger partial charge in [-0.15, -0.1) is 0 Å². The Morgan fingerprint density at radius 3 is 2.17 bits per heavy atom. The quantitative estimate of drug-likeness (QED) is 0.177. The molecule has 2 fully saturated rings. The second-order valence-corrected chi connectivity index (χ2v) is 13.1. The highest BCUT2D eigenvalue weighted by Gasteiger charge is 2.47. The van der Waals surface area contributed by atoms with E-state index in [4.69, 9.17) is 11.3 Å². The predicted molar refractivity (Wildman–Crippen MR) is 181 cm³/mol. The molecule has 0 bridgehead atoms. The van der Waals surface area contributed by atoms with E-state index in [2.05, 4.69) is 85.5 Å². The van der Waals surface area contributed by atoms with E-state index in [1.807, 2.05) is 0 Å². The number of hydrogen-bond donors (Lipinski definition) is 0. The minimum Gasteiger partial charge on any atom is -0.493 e. The lowest BCUT2D eigenvalue weighted by Gasteiger charge is -2.40. The van der Waals surface area contributed by atoms with Gasteiger partial charge in [0.15, 0.2) is 0 Å². The second-order valence-electron chi connectivity index (χ2n) is 13.1. The number of anilines is 1. The summed E-state index contributed by atoms with van der Waals surface area (Å²) in [6.07, 6.45) is 27.2. The highest BCUT2D eigenvalue weighted by molar-refractivity contribution is 5.71. The van der Waals surface area contributed by atoms with Gasteiger partial charge in [-0.2, -0.15) is 0 Å². The van der Waals surface area contributed by atoms with Crippen molar-refractivity contribution in [2.75, 3.05) is 18.1 Å². The third-order valence-corrected chi connectivity index (χ3v) is 10.5. The van der Waals surface area contributed by atoms with Gasteiger partial charge in [-0.05, 0) is 67.9 Å². The zero-order valence-electron chi connectivity index (χ0n) is 26.6. The minimum atomic E-state index is -0.0451. The Balaban J connectivity index is 1.46. The van der Waals surface area contributed by atoms with Gasteiger partial charge in [0.2, 0.25) is 0 Å². The summed E-state index contributed by atoms with van der Waals surface area (Å²) in [5.74, 6) is 1.07. The van der Waals surface area contributed by atoms with Crippen molar-refractivity contribution in [2.45, 2.75) is 127 Å². The summed E-state index contributed by atoms with van der Waals surface area (Å²) in [6, 6.07) is 18.1. The monoisotopic (exact) mass is 565 g/mol. The van der Waals surface area contributed by atoms with Crippen LogP contribution in [0.1, 0.15) is 128 Å². The molecule has 2 aliphatic carbocycles. The number of fused-ring (bicyclic) bond motifs is 2. The topological polar surface area (TPSA) is 12.5 Å². The first-order valence-electron chi connectivity index (χ1n) is 17.3. The molecule has 1 aliphatic heterocycles. The van der Waals surface area contributed by atoms with E-state index in [0.717, 1.165) is 38.2 Å². The van der Waals surface area contributed by atoms with Gasteiger partial charge >= 0.3 is 0 Å². The Kier molecular flexibility index (Phi) is 10.7. The maximum Gasteiger partial charge on any atom is 0.123 e. The average molecular weight is 566 g/mol. The van der Waals surface area contributed by atoms with Crippen LogP contribution in [0.2, 0.25) is 0 Å². The molecule has 1 heterocycles. The Morgan fingerprint density at radius 1 is 0.786 bits per heavy atom. The molecule has 2 nitrogen and oxygen atoms in total. The zero-order valence-corrected chi connectivity index (χ0v) is 26.6. The summed E-state index contributed by atoms with van der Waals surface area (Å²) in [5, 5.41) is 0. The zero-order chi connectivity index (χ0) is 29.3. The van der Waals surface area contributed by atoms with Gasteiger partial charge in [0.25, 0.3) is 0 Å². The van der Waals surface area contributed by atoms with Gasteiger partial charge in [-0.25, -0.2) is 0 Å². The third kappa shape index (κ3) is 6.29. The number of ether oxygens (including phenoxy) is 1. The summed E-state index contributed by atoms with van der Waals surface area (Å²) in [4.78, 5) is 2.68. The van der Waals surface area contributed by atoms with Gasteiger partial charge in [0.1, 0.15) is 5.75 Å². The normalized spacial score (nSPS) is 20.3. The highest BCUT2D eigenvalue weighted by Crippen LogP contribution is 2.55. The summed E-state index contributed by atoms with van der Waals surface area (Å²) < 4.78 is 6.44. The van der Waals surface area contributed by atoms with Crippen molar-refractivity contribution in [1.29, 1.82) is 0 Å². The maximum absolute atomic E-state index is 6.44. The molecule has 5 rings (SSSR count). The Bertz CT molecular complexity index is 1220. The molecule has 2 saturated carbocycles. The number of benzene rings is 2. The smallest absolute Gasteiger partial charge is 0.123 e. The van der Waals surface area contributed by atoms with E-state index in [-0.39, 0.29) is 10.8 Å². The molecule has 42 heavy (non-hydrogen) atoms. The number of hydrogen-bond acceptors (Lipinski definition) is 2. The number of allylic oxidation sites excluding steroid dienone is 5. The van der Waals surface area contributed by atoms with Crippen LogP contribution in [-0.4, -0.2) is 13.2 Å². The molecule has 0 radical (unpaired) electrons. The molecular formula is C40H55NO. The summed E-state index contributed by atoms with van der Waals surface area (Å²) in [7, 11) is 0. The molecule has 0 N–H and O–H groups in total. The molecule has 2 heteroatoms. The fraction of sp³-hybridized carbons (Fsp3) is 0.550. The van der Waals surface area contributed by atoms with Gasteiger partial charge in [-0.3, -0.25) is 0 Å². The van der Waals surface area contributed by atoms with Crippen molar-refractivity contribution in [2.24, 2.45) is 0 Å². The lowest BCUT2D eigenvalue weighted by Crippen LogP contribution is -2.33. The second kappa shape index (κ2) is 14.6. The van der Waals surface area contributed by atoms with E-state index in [0.29, 0.717) is 0 Å². The van der Waals surface area contributed by atoms with Crippen LogP contribution in [0, 0.1) is 0 Å². The highest BCUT2D eigenvalue weighted by atomic mass is 16.5. The number of para-hydroxylation sites is 2. The van der Waals surface area contributed by atoms with Gasteiger partial charge in [0, 0.05) is 34.3 Å². The lowest BCUT2D eigenvalue weighted by molar-refractivity contribution is 0.283. The molecular weight excluding hydrogens is 510 g/mol. The van der Waals surface area contributed by atoms with E-state index < -0.39 is 0 Å². The first kappa shape index (κ1) is 30.7. The molecule has 3 aliphatic rings. The molecule has 0 amide bonds. The summed E-state index contributed by atoms with van der Waals surface area (Å²) in [5.41, 5.74) is 7.26. The predicted octanol–water partition coefficient (Wildman–Crippen LogP) is 11.4. The fourth-order valence-corrected chi connectivity index (χ4v) is 8.19. The molecule has 2 aromatic carbocycles. The van der Waals surface area contributed by atoms with E-state index in [1.54, 1.807) is 5.56 Å². The SMILES string of the molecule is C=C(/C=C/C=C1\N(CCCCC)c2ccccc2C12CCCCC2)C1(c2ccccc2OCCCCC)CCCCC1. The summed E-state index contributed by atoms with van der Waals surface area (Å²) in [6.45, 7) is 11.2. The number of unbranched alkanes of at least 4 members (excludes halogenated alkanes) is 4. The minimum absolute atomic E-state index is 0.0451. The van der Waals surface area contributed by atoms with E-state index in [1.165, 1.54) is 106 Å². The van der Waals surface area contributed by atoms with Crippen LogP contribution in [0.15, 0.2) is 84.6 Å². The molecule has 0 unspecified atom stereocenters. The number of rotatable bonds is 13. The van der Waals surface area contributed by atoms with Crippen LogP contribution < -0.4 is 9.64 Å². The molecule has 0 aromatic heterocycles. The first-order valence-corrected chi connectivity index (χ1v) is 17.3. The van der Waals surface area contributed by atoms with E-state index >= 15 is 0 Å². The fourth-order valence-electron chi connectivity index (χ4n) is 8.19. The lowest BCUT2D eigenvalue weighted by atomic mass is 9.65. The Labute approximate surface area is 256 Å². The van der Waals surface area contributed by atoms with Gasteiger partial charge < -0.3 is 9.64 Å². The Hall–Kier alpha value is -2.74. The largest absolute Gasteiger partial charge is 0.493 e. The van der Waals surface area contributed by atoms with Crippen molar-refractivity contribution >= 4 is 5.69 Å². The Morgan fingerprint density at radius 2 is 1.43 bits per heavy atom. The standard InChI is InChI=1S/C40H55NO/c1-4-6-18-31-41-36-24-12-10-22-34(36)40(29-16-9-17-30-40)38(41)26-20-21-33(3)39(27-14-8-15-28-39)35-23-11-13-25-37(35)42-32-19-7-5-2/h10-13,20-26H,3-9,14-19,27-32H2,1-2H3/b21-20+,38-26-. The van der Waals surface area contributed by atoms with Crippen LogP contribution in [0.4, 0.5) is 5.69 Å². The van der Waals surface area contributed by atoms with Gasteiger partial charge in [0.05, 0.1) is 6.61 Å². The van der Waals surface area contributed by atoms with Crippen LogP contribution in [0.3, 0.4) is 0 Å². The number of nitrogens with zero attached hydrogens (tertiary/aromatic N) is 1. The van der Waals surface area contributed by atoms with Crippen molar-refractivity contribution in [3.8, 4) is 5.75 Å². The molecule has 2 aromatic rings. The van der Waals surface area contributed by atoms with Crippen molar-refractivity contribution in [3.05, 3.63) is 95.7 Å². The van der Waals surface area contributed by atoms with Crippen LogP contribution in [0.25, 0.3) is 0 Å². The van der Waals surface area contributed by atoms with Crippen molar-refractivity contribution < 1.29 is 4.74 Å². The van der Waals surface area contributed by atoms with Crippen molar-refractivity contribution in [1.82, 2.24) is 0 Å². The van der Waals surface area contributed by atoms with Crippen LogP contribution >= 0.6 is 0 Å². The van der Waals surface area contributed by atoms with Gasteiger partial charge in [-0.1, -0.05) is 133 Å². The molecule has 0 atom stereocenters. The molecule has 0 saturated heterocycles. The van der Waals surface area contributed by atoms with Crippen molar-refractivity contribution in [3.63, 3.8) is 0 Å². The van der Waals surface area contributed by atoms with Crippen LogP contribution in [-0.2, 0) is 10.8 Å². The summed E-state index contributed by atoms with van der Waals surface area (Å²) >= 11 is 0. The molecule has 226 valence electrons. The maximum atomic E-state index is 6.44. The van der Waals surface area contributed by atoms with Crippen LogP contribution in [0.5, 0.6) is 5.75 Å². The first-order chi connectivity index (χ1) is 20.7. The third-order valence-electron chi connectivity index (χ3n) is 10.5. The molecule has 1 spiro atoms. The van der Waals surface area contributed by atoms with E-state index in [9.17, 15) is 0 Å². The average Bonchev–Trinajstić information content (AvgIpc) is 3.28.